The van der Waals surface area contributed by atoms with Crippen molar-refractivity contribution in [3.05, 3.63) is 82.0 Å². The number of aryl methyl sites for hydroxylation is 1. The van der Waals surface area contributed by atoms with Gasteiger partial charge in [-0.1, -0.05) is 31.7 Å². The molecule has 17 heteroatoms. The molecule has 326 valence electrons. The summed E-state index contributed by atoms with van der Waals surface area (Å²) in [5.74, 6) is -1.51. The number of nitrogens with zero attached hydrogens (tertiary/aromatic N) is 4. The zero-order chi connectivity index (χ0) is 43.9. The number of likely N-dealkylation sites (tertiary alicyclic amines) is 1. The molecule has 2 saturated heterocycles. The molecule has 62 heavy (non-hydrogen) atoms. The summed E-state index contributed by atoms with van der Waals surface area (Å²) in [5.41, 5.74) is 2.55. The zero-order valence-corrected chi connectivity index (χ0v) is 35.1. The van der Waals surface area contributed by atoms with E-state index in [9.17, 15) is 33.6 Å². The van der Waals surface area contributed by atoms with E-state index in [0.29, 0.717) is 49.6 Å². The van der Waals surface area contributed by atoms with E-state index in [1.54, 1.807) is 44.3 Å². The Morgan fingerprint density at radius 3 is 2.23 bits per heavy atom. The summed E-state index contributed by atoms with van der Waals surface area (Å²) in [4.78, 5) is 95.4. The first-order chi connectivity index (χ1) is 30.0. The predicted molar refractivity (Wildman–Crippen MR) is 227 cm³/mol. The Morgan fingerprint density at radius 1 is 0.839 bits per heavy atom. The lowest BCUT2D eigenvalue weighted by molar-refractivity contribution is -0.136. The number of imide groups is 2. The summed E-state index contributed by atoms with van der Waals surface area (Å²) in [5, 5.41) is 9.39. The molecule has 1 atom stereocenters. The SMILES string of the molecule is COc1cc(-c2cn(C)c(=O)c3cnccc23)cc(OC)c1CN1CC(C(=O)NCCCCCCCCNC(=O)COc2cccc3c2C(=O)N(C2CCC(=O)NC2=O)C3=O)C1. The fourth-order valence-corrected chi connectivity index (χ4v) is 8.26. The van der Waals surface area contributed by atoms with Gasteiger partial charge in [0.1, 0.15) is 23.3 Å². The molecule has 17 nitrogen and oxygen atoms in total. The smallest absolute Gasteiger partial charge is 0.266 e. The van der Waals surface area contributed by atoms with Crippen LogP contribution in [0.25, 0.3) is 21.9 Å². The number of fused-ring (bicyclic) bond motifs is 2. The molecule has 1 unspecified atom stereocenters. The van der Waals surface area contributed by atoms with E-state index >= 15 is 0 Å². The first kappa shape index (κ1) is 43.5. The molecule has 2 fully saturated rings. The summed E-state index contributed by atoms with van der Waals surface area (Å²) < 4.78 is 18.8. The van der Waals surface area contributed by atoms with Crippen LogP contribution < -0.4 is 35.7 Å². The summed E-state index contributed by atoms with van der Waals surface area (Å²) in [6.45, 7) is 2.53. The van der Waals surface area contributed by atoms with E-state index in [1.165, 1.54) is 12.1 Å². The molecule has 5 heterocycles. The highest BCUT2D eigenvalue weighted by Crippen LogP contribution is 2.39. The lowest BCUT2D eigenvalue weighted by Gasteiger charge is -2.38. The van der Waals surface area contributed by atoms with Crippen molar-refractivity contribution in [1.29, 1.82) is 0 Å². The van der Waals surface area contributed by atoms with Crippen LogP contribution >= 0.6 is 0 Å². The first-order valence-electron chi connectivity index (χ1n) is 20.9. The number of aromatic nitrogens is 2. The molecule has 3 aliphatic rings. The van der Waals surface area contributed by atoms with E-state index in [0.717, 1.165) is 65.5 Å². The van der Waals surface area contributed by atoms with Gasteiger partial charge in [-0.3, -0.25) is 53.7 Å². The molecule has 0 saturated carbocycles. The van der Waals surface area contributed by atoms with Gasteiger partial charge in [-0.15, -0.1) is 0 Å². The highest BCUT2D eigenvalue weighted by Gasteiger charge is 2.46. The van der Waals surface area contributed by atoms with E-state index < -0.39 is 29.7 Å². The van der Waals surface area contributed by atoms with Crippen molar-refractivity contribution in [2.24, 2.45) is 13.0 Å². The third-order valence-corrected chi connectivity index (χ3v) is 11.6. The predicted octanol–water partition coefficient (Wildman–Crippen LogP) is 3.10. The van der Waals surface area contributed by atoms with Gasteiger partial charge in [-0.2, -0.15) is 0 Å². The Bertz CT molecular complexity index is 2440. The van der Waals surface area contributed by atoms with Gasteiger partial charge in [0.05, 0.1) is 42.2 Å². The lowest BCUT2D eigenvalue weighted by Crippen LogP contribution is -2.54. The summed E-state index contributed by atoms with van der Waals surface area (Å²) in [7, 11) is 4.96. The van der Waals surface area contributed by atoms with Gasteiger partial charge in [-0.05, 0) is 60.5 Å². The number of piperidine rings is 1. The van der Waals surface area contributed by atoms with Crippen molar-refractivity contribution in [1.82, 2.24) is 35.3 Å². The number of carbonyl (C=O) groups is 6. The average Bonchev–Trinajstić information content (AvgIpc) is 3.51. The Hall–Kier alpha value is -6.62. The summed E-state index contributed by atoms with van der Waals surface area (Å²) in [6, 6.07) is 9.15. The molecule has 3 N–H and O–H groups in total. The first-order valence-corrected chi connectivity index (χ1v) is 20.9. The van der Waals surface area contributed by atoms with Crippen LogP contribution in [0.5, 0.6) is 17.2 Å². The van der Waals surface area contributed by atoms with Gasteiger partial charge < -0.3 is 29.4 Å². The number of unbranched alkanes of at least 4 members (excludes halogenated alkanes) is 5. The minimum atomic E-state index is -1.09. The molecule has 0 aliphatic carbocycles. The molecule has 2 aromatic carbocycles. The van der Waals surface area contributed by atoms with Crippen molar-refractivity contribution < 1.29 is 43.0 Å². The normalized spacial score (nSPS) is 16.5. The summed E-state index contributed by atoms with van der Waals surface area (Å²) >= 11 is 0. The number of nitrogens with one attached hydrogen (secondary N) is 3. The van der Waals surface area contributed by atoms with E-state index in [2.05, 4.69) is 25.8 Å². The topological polar surface area (TPSA) is 208 Å². The number of hydrogen-bond acceptors (Lipinski definition) is 12. The standard InChI is InChI=1S/C45H51N7O10/c1-50-24-32(29-15-18-46-21-31(29)43(50)57)27-19-36(60-2)33(37(20-27)61-3)25-51-22-28(23-51)41(55)48-17-9-7-5-4-6-8-16-47-39(54)26-62-35-12-10-11-30-40(35)45(59)52(44(30)58)34-13-14-38(53)49-42(34)56/h10-12,15,18-21,24,28,34H,4-9,13-14,16-17,22-23,25-26H2,1-3H3,(H,47,54)(H,48,55)(H,49,53,56). The second-order valence-corrected chi connectivity index (χ2v) is 15.8. The maximum atomic E-state index is 13.2. The van der Waals surface area contributed by atoms with Crippen molar-refractivity contribution in [2.75, 3.05) is 47.0 Å². The van der Waals surface area contributed by atoms with Gasteiger partial charge >= 0.3 is 0 Å². The Morgan fingerprint density at radius 2 is 1.53 bits per heavy atom. The molecule has 2 aromatic heterocycles. The number of benzene rings is 2. The van der Waals surface area contributed by atoms with Gasteiger partial charge in [0.2, 0.25) is 17.7 Å². The minimum Gasteiger partial charge on any atom is -0.496 e. The van der Waals surface area contributed by atoms with Crippen LogP contribution in [-0.2, 0) is 32.8 Å². The van der Waals surface area contributed by atoms with Crippen LogP contribution in [-0.4, -0.2) is 108 Å². The number of methoxy groups -OCH3 is 2. The second kappa shape index (κ2) is 19.4. The van der Waals surface area contributed by atoms with Crippen LogP contribution in [0.3, 0.4) is 0 Å². The van der Waals surface area contributed by atoms with Crippen molar-refractivity contribution in [2.45, 2.75) is 64.0 Å². The number of hydrogen-bond donors (Lipinski definition) is 3. The highest BCUT2D eigenvalue weighted by molar-refractivity contribution is 6.24. The van der Waals surface area contributed by atoms with Crippen LogP contribution in [0.4, 0.5) is 0 Å². The average molecular weight is 850 g/mol. The van der Waals surface area contributed by atoms with Crippen molar-refractivity contribution in [3.63, 3.8) is 0 Å². The van der Waals surface area contributed by atoms with Crippen LogP contribution in [0.2, 0.25) is 0 Å². The van der Waals surface area contributed by atoms with Crippen LogP contribution in [0, 0.1) is 5.92 Å². The molecular weight excluding hydrogens is 799 g/mol. The third kappa shape index (κ3) is 9.32. The summed E-state index contributed by atoms with van der Waals surface area (Å²) in [6.07, 6.45) is 10.7. The van der Waals surface area contributed by atoms with E-state index in [4.69, 9.17) is 14.2 Å². The van der Waals surface area contributed by atoms with Gasteiger partial charge in [0.15, 0.2) is 6.61 Å². The van der Waals surface area contributed by atoms with Gasteiger partial charge in [0.25, 0.3) is 23.3 Å². The van der Waals surface area contributed by atoms with E-state index in [-0.39, 0.29) is 59.6 Å². The number of ether oxygens (including phenoxy) is 3. The van der Waals surface area contributed by atoms with Gasteiger partial charge in [-0.25, -0.2) is 0 Å². The quantitative estimate of drug-likeness (QED) is 0.0920. The van der Waals surface area contributed by atoms with Crippen LogP contribution in [0.1, 0.15) is 77.6 Å². The molecule has 7 rings (SSSR count). The van der Waals surface area contributed by atoms with Gasteiger partial charge in [0, 0.05) is 70.3 Å². The lowest BCUT2D eigenvalue weighted by atomic mass is 9.96. The molecule has 3 aliphatic heterocycles. The number of rotatable bonds is 19. The molecular formula is C45H51N7O10. The highest BCUT2D eigenvalue weighted by atomic mass is 16.5. The van der Waals surface area contributed by atoms with Crippen molar-refractivity contribution in [3.8, 4) is 28.4 Å². The fraction of sp³-hybridized carbons (Fsp3) is 0.422. The van der Waals surface area contributed by atoms with Crippen LogP contribution in [0.15, 0.2) is 59.8 Å². The molecule has 0 radical (unpaired) electrons. The second-order valence-electron chi connectivity index (χ2n) is 15.8. The number of amides is 6. The molecule has 0 spiro atoms. The maximum absolute atomic E-state index is 13.2. The number of carbonyl (C=O) groups excluding carboxylic acids is 6. The molecule has 0 bridgehead atoms. The Labute approximate surface area is 358 Å². The van der Waals surface area contributed by atoms with E-state index in [1.807, 2.05) is 24.4 Å². The Balaban J connectivity index is 0.761. The maximum Gasteiger partial charge on any atom is 0.266 e. The molecule has 6 amide bonds. The number of pyridine rings is 2. The Kier molecular flexibility index (Phi) is 13.6. The zero-order valence-electron chi connectivity index (χ0n) is 35.1. The minimum absolute atomic E-state index is 0.00463. The third-order valence-electron chi connectivity index (χ3n) is 11.6. The van der Waals surface area contributed by atoms with Crippen molar-refractivity contribution >= 4 is 46.2 Å². The fourth-order valence-electron chi connectivity index (χ4n) is 8.26. The monoisotopic (exact) mass is 849 g/mol. The molecule has 4 aromatic rings. The largest absolute Gasteiger partial charge is 0.496 e.